The summed E-state index contributed by atoms with van der Waals surface area (Å²) in [6.45, 7) is 1.46. The number of fused-ring (bicyclic) bond motifs is 3. The molecule has 2 N–H and O–H groups in total. The normalized spacial score (nSPS) is 26.9. The second-order valence-electron chi connectivity index (χ2n) is 5.46. The highest BCUT2D eigenvalue weighted by Crippen LogP contribution is 2.37. The zero-order valence-corrected chi connectivity index (χ0v) is 11.0. The summed E-state index contributed by atoms with van der Waals surface area (Å²) in [7, 11) is 0. The quantitative estimate of drug-likeness (QED) is 0.775. The predicted molar refractivity (Wildman–Crippen MR) is 70.8 cm³/mol. The molecule has 0 aromatic heterocycles. The molecule has 106 valence electrons. The number of amides is 1. The van der Waals surface area contributed by atoms with Crippen LogP contribution in [0.15, 0.2) is 12.1 Å². The van der Waals surface area contributed by atoms with Gasteiger partial charge in [0.1, 0.15) is 0 Å². The van der Waals surface area contributed by atoms with Gasteiger partial charge in [0.25, 0.3) is 5.91 Å². The van der Waals surface area contributed by atoms with E-state index in [0.29, 0.717) is 35.8 Å². The van der Waals surface area contributed by atoms with Gasteiger partial charge in [0.2, 0.25) is 6.79 Å². The first-order chi connectivity index (χ1) is 9.70. The monoisotopic (exact) mass is 276 g/mol. The minimum Gasteiger partial charge on any atom is -0.454 e. The number of morpholine rings is 1. The first-order valence-electron chi connectivity index (χ1n) is 6.84. The van der Waals surface area contributed by atoms with Crippen molar-refractivity contribution >= 4 is 11.6 Å². The third-order valence-electron chi connectivity index (χ3n) is 4.11. The molecule has 2 unspecified atom stereocenters. The molecule has 3 heterocycles. The third-order valence-corrected chi connectivity index (χ3v) is 4.11. The van der Waals surface area contributed by atoms with E-state index in [1.807, 2.05) is 4.90 Å². The number of benzene rings is 1. The van der Waals surface area contributed by atoms with Crippen LogP contribution in [-0.4, -0.2) is 42.9 Å². The number of rotatable bonds is 1. The first-order valence-corrected chi connectivity index (χ1v) is 6.84. The van der Waals surface area contributed by atoms with Crippen LogP contribution in [-0.2, 0) is 4.74 Å². The Balaban J connectivity index is 1.62. The molecule has 1 amide bonds. The fraction of sp³-hybridized carbons (Fsp3) is 0.500. The van der Waals surface area contributed by atoms with Gasteiger partial charge in [0.15, 0.2) is 11.5 Å². The minimum atomic E-state index is -0.0546. The predicted octanol–water partition coefficient (Wildman–Crippen LogP) is 1.00. The summed E-state index contributed by atoms with van der Waals surface area (Å²) >= 11 is 0. The Morgan fingerprint density at radius 1 is 1.15 bits per heavy atom. The van der Waals surface area contributed by atoms with Crippen LogP contribution in [0.4, 0.5) is 5.69 Å². The number of nitrogens with zero attached hydrogens (tertiary/aromatic N) is 1. The number of carbonyl (C=O) groups is 1. The summed E-state index contributed by atoms with van der Waals surface area (Å²) in [5.74, 6) is 1.13. The highest BCUT2D eigenvalue weighted by atomic mass is 16.7. The first kappa shape index (κ1) is 11.8. The smallest absolute Gasteiger partial charge is 0.256 e. The van der Waals surface area contributed by atoms with Crippen LogP contribution in [0.1, 0.15) is 23.2 Å². The average molecular weight is 276 g/mol. The second-order valence-corrected chi connectivity index (χ2v) is 5.46. The van der Waals surface area contributed by atoms with Crippen molar-refractivity contribution in [1.29, 1.82) is 0 Å². The number of hydrogen-bond donors (Lipinski definition) is 1. The largest absolute Gasteiger partial charge is 0.454 e. The summed E-state index contributed by atoms with van der Waals surface area (Å²) in [5.41, 5.74) is 6.88. The lowest BCUT2D eigenvalue weighted by molar-refractivity contribution is -0.0303. The third kappa shape index (κ3) is 1.79. The minimum absolute atomic E-state index is 0.0546. The number of hydrogen-bond acceptors (Lipinski definition) is 5. The number of nitrogens with two attached hydrogens (primary N) is 1. The summed E-state index contributed by atoms with van der Waals surface area (Å²) in [4.78, 5) is 14.5. The molecule has 0 aliphatic carbocycles. The fourth-order valence-corrected chi connectivity index (χ4v) is 3.09. The Morgan fingerprint density at radius 3 is 2.50 bits per heavy atom. The molecular formula is C14H16N2O4. The van der Waals surface area contributed by atoms with E-state index in [2.05, 4.69) is 0 Å². The van der Waals surface area contributed by atoms with Crippen LogP contribution in [0.25, 0.3) is 0 Å². The molecule has 2 bridgehead atoms. The van der Waals surface area contributed by atoms with Crippen molar-refractivity contribution in [3.8, 4) is 11.5 Å². The molecule has 3 aliphatic heterocycles. The van der Waals surface area contributed by atoms with Crippen molar-refractivity contribution in [2.24, 2.45) is 0 Å². The Kier molecular flexibility index (Phi) is 2.53. The molecule has 1 aromatic carbocycles. The molecule has 2 saturated heterocycles. The van der Waals surface area contributed by atoms with Crippen molar-refractivity contribution < 1.29 is 19.0 Å². The van der Waals surface area contributed by atoms with Crippen molar-refractivity contribution in [3.63, 3.8) is 0 Å². The van der Waals surface area contributed by atoms with Crippen LogP contribution in [0.5, 0.6) is 11.5 Å². The van der Waals surface area contributed by atoms with Crippen LogP contribution in [0.3, 0.4) is 0 Å². The van der Waals surface area contributed by atoms with Gasteiger partial charge in [-0.3, -0.25) is 4.79 Å². The summed E-state index contributed by atoms with van der Waals surface area (Å²) in [5, 5.41) is 0. The van der Waals surface area contributed by atoms with Crippen LogP contribution in [0.2, 0.25) is 0 Å². The summed E-state index contributed by atoms with van der Waals surface area (Å²) in [6, 6.07) is 3.34. The van der Waals surface area contributed by atoms with Crippen molar-refractivity contribution in [1.82, 2.24) is 4.90 Å². The summed E-state index contributed by atoms with van der Waals surface area (Å²) in [6.07, 6.45) is 2.41. The van der Waals surface area contributed by atoms with Gasteiger partial charge in [-0.1, -0.05) is 0 Å². The van der Waals surface area contributed by atoms with Crippen molar-refractivity contribution in [2.45, 2.75) is 25.0 Å². The van der Waals surface area contributed by atoms with Crippen LogP contribution < -0.4 is 15.2 Å². The van der Waals surface area contributed by atoms with Gasteiger partial charge in [-0.15, -0.1) is 0 Å². The van der Waals surface area contributed by atoms with E-state index in [9.17, 15) is 4.79 Å². The fourth-order valence-electron chi connectivity index (χ4n) is 3.09. The topological polar surface area (TPSA) is 74.0 Å². The maximum atomic E-state index is 12.6. The summed E-state index contributed by atoms with van der Waals surface area (Å²) < 4.78 is 16.3. The van der Waals surface area contributed by atoms with Crippen LogP contribution >= 0.6 is 0 Å². The van der Waals surface area contributed by atoms with E-state index >= 15 is 0 Å². The van der Waals surface area contributed by atoms with E-state index in [4.69, 9.17) is 19.9 Å². The molecule has 0 radical (unpaired) electrons. The van der Waals surface area contributed by atoms with Gasteiger partial charge in [-0.2, -0.15) is 0 Å². The van der Waals surface area contributed by atoms with Gasteiger partial charge in [0.05, 0.1) is 17.8 Å². The van der Waals surface area contributed by atoms with Crippen LogP contribution in [0, 0.1) is 0 Å². The van der Waals surface area contributed by atoms with E-state index < -0.39 is 0 Å². The zero-order chi connectivity index (χ0) is 13.7. The lowest BCUT2D eigenvalue weighted by Gasteiger charge is -2.32. The van der Waals surface area contributed by atoms with E-state index in [1.54, 1.807) is 12.1 Å². The Labute approximate surface area is 116 Å². The Bertz CT molecular complexity index is 563. The second kappa shape index (κ2) is 4.28. The average Bonchev–Trinajstić information content (AvgIpc) is 3.02. The molecule has 6 nitrogen and oxygen atoms in total. The molecule has 4 rings (SSSR count). The van der Waals surface area contributed by atoms with Crippen molar-refractivity contribution in [3.05, 3.63) is 17.7 Å². The van der Waals surface area contributed by atoms with Gasteiger partial charge in [-0.05, 0) is 18.9 Å². The number of likely N-dealkylation sites (tertiary alicyclic amines) is 1. The SMILES string of the molecule is Nc1cc2c(cc1C(=O)N1CC3CCC(C1)O3)OCO2. The molecule has 3 aliphatic rings. The van der Waals surface area contributed by atoms with E-state index in [1.165, 1.54) is 0 Å². The van der Waals surface area contributed by atoms with Gasteiger partial charge in [0, 0.05) is 24.8 Å². The molecule has 1 aromatic rings. The van der Waals surface area contributed by atoms with Gasteiger partial charge in [-0.25, -0.2) is 0 Å². The zero-order valence-electron chi connectivity index (χ0n) is 11.0. The lowest BCUT2D eigenvalue weighted by Crippen LogP contribution is -2.45. The Morgan fingerprint density at radius 2 is 1.80 bits per heavy atom. The van der Waals surface area contributed by atoms with Gasteiger partial charge < -0.3 is 24.8 Å². The maximum Gasteiger partial charge on any atom is 0.256 e. The number of anilines is 1. The molecule has 20 heavy (non-hydrogen) atoms. The standard InChI is InChI=1S/C14H16N2O4/c15-11-4-13-12(18-7-19-13)3-10(11)14(17)16-5-8-1-2-9(6-16)20-8/h3-4,8-9H,1-2,5-7,15H2. The Hall–Kier alpha value is -1.95. The number of carbonyl (C=O) groups excluding carboxylic acids is 1. The lowest BCUT2D eigenvalue weighted by atomic mass is 10.1. The van der Waals surface area contributed by atoms with Crippen molar-refractivity contribution in [2.75, 3.05) is 25.6 Å². The molecular weight excluding hydrogens is 260 g/mol. The molecule has 2 atom stereocenters. The highest BCUT2D eigenvalue weighted by molar-refractivity contribution is 6.00. The molecule has 0 spiro atoms. The highest BCUT2D eigenvalue weighted by Gasteiger charge is 2.36. The molecule has 6 heteroatoms. The molecule has 2 fully saturated rings. The number of ether oxygens (including phenoxy) is 3. The maximum absolute atomic E-state index is 12.6. The number of nitrogen functional groups attached to an aromatic ring is 1. The van der Waals surface area contributed by atoms with E-state index in [0.717, 1.165) is 12.8 Å². The van der Waals surface area contributed by atoms with E-state index in [-0.39, 0.29) is 24.9 Å². The molecule has 0 saturated carbocycles. The van der Waals surface area contributed by atoms with Gasteiger partial charge >= 0.3 is 0 Å².